The summed E-state index contributed by atoms with van der Waals surface area (Å²) in [6.45, 7) is 8.41. The number of furan rings is 1. The Morgan fingerprint density at radius 3 is 2.17 bits per heavy atom. The third-order valence-corrected chi connectivity index (χ3v) is 9.61. The molecule has 52 heavy (non-hydrogen) atoms. The van der Waals surface area contributed by atoms with Gasteiger partial charge < -0.3 is 9.40 Å². The fourth-order valence-electron chi connectivity index (χ4n) is 6.42. The van der Waals surface area contributed by atoms with Gasteiger partial charge in [-0.15, -0.1) is 41.0 Å². The first kappa shape index (κ1) is 34.7. The molecule has 255 valence electrons. The second kappa shape index (κ2) is 14.9. The van der Waals surface area contributed by atoms with E-state index < -0.39 is 0 Å². The fourth-order valence-corrected chi connectivity index (χ4v) is 6.42. The van der Waals surface area contributed by atoms with Crippen LogP contribution in [-0.2, 0) is 20.1 Å². The molecule has 0 fully saturated rings. The first-order chi connectivity index (χ1) is 24.9. The first-order valence-corrected chi connectivity index (χ1v) is 17.1. The Kier molecular flexibility index (Phi) is 9.91. The number of hydrogen-bond donors (Lipinski definition) is 0. The molecule has 0 amide bonds. The standard InChI is InChI=1S/C32H19N2O.C15H16N.Ir/c1-2-6-21(7-3-1)22-11-13-27-23(18-22)8-4-9-26(27)25-12-14-30(34-20-25)29-19-24-15-17-35-32(24)31-28(29)10-5-16-33-31;1-10-5-6-14(7-11(10)2)15-8-12(3)13(4)9-16-15;/h1-18,20H;5,7-9H,1-4H3;/q2*-1;. The quantitative estimate of drug-likeness (QED) is 0.166. The number of benzene rings is 5. The van der Waals surface area contributed by atoms with Gasteiger partial charge in [0.15, 0.2) is 0 Å². The molecular formula is C47H35IrN3O-2. The number of rotatable bonds is 4. The molecule has 0 atom stereocenters. The summed E-state index contributed by atoms with van der Waals surface area (Å²) < 4.78 is 5.66. The van der Waals surface area contributed by atoms with Crippen LogP contribution in [0.1, 0.15) is 22.3 Å². The molecular weight excluding hydrogens is 815 g/mol. The fraction of sp³-hybridized carbons (Fsp3) is 0.0851. The van der Waals surface area contributed by atoms with Crippen LogP contribution >= 0.6 is 0 Å². The van der Waals surface area contributed by atoms with Crippen LogP contribution in [0.4, 0.5) is 0 Å². The molecule has 4 nitrogen and oxygen atoms in total. The summed E-state index contributed by atoms with van der Waals surface area (Å²) in [5.41, 5.74) is 15.2. The largest absolute Gasteiger partial charge is 0.506 e. The number of hydrogen-bond acceptors (Lipinski definition) is 4. The number of aromatic nitrogens is 3. The summed E-state index contributed by atoms with van der Waals surface area (Å²) in [5, 5.41) is 4.31. The van der Waals surface area contributed by atoms with Gasteiger partial charge in [-0.2, -0.15) is 0 Å². The summed E-state index contributed by atoms with van der Waals surface area (Å²) in [7, 11) is 0. The number of nitrogens with zero attached hydrogens (tertiary/aromatic N) is 3. The third kappa shape index (κ3) is 6.81. The maximum Gasteiger partial charge on any atom is 0.0847 e. The van der Waals surface area contributed by atoms with E-state index in [4.69, 9.17) is 9.40 Å². The van der Waals surface area contributed by atoms with E-state index in [0.717, 1.165) is 50.0 Å². The van der Waals surface area contributed by atoms with Crippen LogP contribution in [0.5, 0.6) is 0 Å². The summed E-state index contributed by atoms with van der Waals surface area (Å²) >= 11 is 0. The molecule has 5 heteroatoms. The average Bonchev–Trinajstić information content (AvgIpc) is 3.66. The van der Waals surface area contributed by atoms with Crippen molar-refractivity contribution in [3.8, 4) is 44.8 Å². The zero-order valence-electron chi connectivity index (χ0n) is 29.4. The van der Waals surface area contributed by atoms with Crippen LogP contribution in [0, 0.1) is 39.8 Å². The van der Waals surface area contributed by atoms with Gasteiger partial charge in [0.2, 0.25) is 0 Å². The molecule has 4 aromatic heterocycles. The van der Waals surface area contributed by atoms with Crippen molar-refractivity contribution in [1.29, 1.82) is 0 Å². The van der Waals surface area contributed by atoms with Crippen molar-refractivity contribution in [3.05, 3.63) is 175 Å². The van der Waals surface area contributed by atoms with Crippen molar-refractivity contribution >= 4 is 32.6 Å². The van der Waals surface area contributed by atoms with E-state index in [1.807, 2.05) is 42.7 Å². The zero-order chi connectivity index (χ0) is 34.9. The Labute approximate surface area is 317 Å². The van der Waals surface area contributed by atoms with E-state index in [9.17, 15) is 0 Å². The Balaban J connectivity index is 0.000000209. The molecule has 4 heterocycles. The van der Waals surface area contributed by atoms with Gasteiger partial charge in [-0.05, 0) is 64.2 Å². The molecule has 0 saturated heterocycles. The van der Waals surface area contributed by atoms with Gasteiger partial charge in [0, 0.05) is 56.2 Å². The molecule has 0 unspecified atom stereocenters. The molecule has 1 radical (unpaired) electrons. The molecule has 5 aromatic carbocycles. The van der Waals surface area contributed by atoms with Crippen LogP contribution in [0.15, 0.2) is 145 Å². The van der Waals surface area contributed by atoms with E-state index in [0.29, 0.717) is 0 Å². The summed E-state index contributed by atoms with van der Waals surface area (Å²) in [5.74, 6) is 0. The molecule has 0 aliphatic carbocycles. The van der Waals surface area contributed by atoms with E-state index in [1.54, 1.807) is 12.5 Å². The molecule has 0 spiro atoms. The van der Waals surface area contributed by atoms with Crippen molar-refractivity contribution in [1.82, 2.24) is 15.0 Å². The predicted octanol–water partition coefficient (Wildman–Crippen LogP) is 12.1. The van der Waals surface area contributed by atoms with Gasteiger partial charge >= 0.3 is 0 Å². The van der Waals surface area contributed by atoms with E-state index in [1.165, 1.54) is 49.7 Å². The van der Waals surface area contributed by atoms with Gasteiger partial charge in [-0.1, -0.05) is 133 Å². The average molecular weight is 850 g/mol. The maximum atomic E-state index is 5.66. The first-order valence-electron chi connectivity index (χ1n) is 17.1. The molecule has 9 aromatic rings. The predicted molar refractivity (Wildman–Crippen MR) is 209 cm³/mol. The normalized spacial score (nSPS) is 10.9. The van der Waals surface area contributed by atoms with Crippen LogP contribution in [0.2, 0.25) is 0 Å². The number of pyridine rings is 3. The zero-order valence-corrected chi connectivity index (χ0v) is 31.8. The summed E-state index contributed by atoms with van der Waals surface area (Å²) in [4.78, 5) is 13.9. The molecule has 0 N–H and O–H groups in total. The van der Waals surface area contributed by atoms with Crippen molar-refractivity contribution in [2.75, 3.05) is 0 Å². The van der Waals surface area contributed by atoms with E-state index in [-0.39, 0.29) is 20.1 Å². The van der Waals surface area contributed by atoms with Crippen LogP contribution < -0.4 is 0 Å². The third-order valence-electron chi connectivity index (χ3n) is 9.61. The Morgan fingerprint density at radius 1 is 0.577 bits per heavy atom. The van der Waals surface area contributed by atoms with E-state index in [2.05, 4.69) is 135 Å². The van der Waals surface area contributed by atoms with Crippen LogP contribution in [0.3, 0.4) is 0 Å². The number of aryl methyl sites for hydroxylation is 4. The minimum absolute atomic E-state index is 0. The van der Waals surface area contributed by atoms with Gasteiger partial charge in [0.25, 0.3) is 0 Å². The summed E-state index contributed by atoms with van der Waals surface area (Å²) in [6.07, 6.45) is 7.34. The maximum absolute atomic E-state index is 5.66. The number of fused-ring (bicyclic) bond motifs is 4. The van der Waals surface area contributed by atoms with Crippen molar-refractivity contribution in [2.24, 2.45) is 0 Å². The minimum Gasteiger partial charge on any atom is -0.506 e. The Hall–Kier alpha value is -5.74. The monoisotopic (exact) mass is 850 g/mol. The molecule has 9 rings (SSSR count). The SMILES string of the molecule is Cc1c[c-]c(-c2cc(C)c(C)cn2)cc1C.[Ir].[c-]1c(-c2ccc(-c3cccc4cc(-c5ccccc5)ccc34)cn2)c2cccnc2c2occc12. The Morgan fingerprint density at radius 2 is 1.38 bits per heavy atom. The van der Waals surface area contributed by atoms with E-state index >= 15 is 0 Å². The minimum atomic E-state index is 0. The van der Waals surface area contributed by atoms with Crippen molar-refractivity contribution in [2.45, 2.75) is 27.7 Å². The molecule has 0 aliphatic rings. The molecule has 0 bridgehead atoms. The van der Waals surface area contributed by atoms with Crippen molar-refractivity contribution in [3.63, 3.8) is 0 Å². The molecule has 0 saturated carbocycles. The second-order valence-corrected chi connectivity index (χ2v) is 13.0. The molecule has 0 aliphatic heterocycles. The second-order valence-electron chi connectivity index (χ2n) is 13.0. The van der Waals surface area contributed by atoms with Gasteiger partial charge in [-0.3, -0.25) is 9.97 Å². The topological polar surface area (TPSA) is 51.8 Å². The Bertz CT molecular complexity index is 2630. The van der Waals surface area contributed by atoms with Crippen LogP contribution in [0.25, 0.3) is 77.4 Å². The summed E-state index contributed by atoms with van der Waals surface area (Å²) in [6, 6.07) is 46.7. The van der Waals surface area contributed by atoms with Gasteiger partial charge in [0.1, 0.15) is 0 Å². The smallest absolute Gasteiger partial charge is 0.0847 e. The van der Waals surface area contributed by atoms with Crippen LogP contribution in [-0.4, -0.2) is 15.0 Å². The van der Waals surface area contributed by atoms with Gasteiger partial charge in [0.05, 0.1) is 5.58 Å². The van der Waals surface area contributed by atoms with Gasteiger partial charge in [-0.25, -0.2) is 0 Å². The van der Waals surface area contributed by atoms with Crippen molar-refractivity contribution < 1.29 is 24.5 Å².